The van der Waals surface area contributed by atoms with E-state index in [0.29, 0.717) is 12.8 Å². The Kier molecular flexibility index (Phi) is 3.27. The minimum absolute atomic E-state index is 0.415. The van der Waals surface area contributed by atoms with E-state index in [1.54, 1.807) is 11.3 Å². The summed E-state index contributed by atoms with van der Waals surface area (Å²) in [4.78, 5) is 2.16. The number of hydrogen-bond acceptors (Lipinski definition) is 3. The molecule has 64 valence electrons. The molecule has 1 unspecified atom stereocenters. The Balaban J connectivity index is 2.54. The predicted octanol–water partition coefficient (Wildman–Crippen LogP) is 2.39. The standard InChI is InChI=1S/C9H11NOS/c1-7-4-5-9(12-7)8(11)3-2-6-10/h4-5,8,11H,2-3H2,1H3. The zero-order valence-corrected chi connectivity index (χ0v) is 7.77. The van der Waals surface area contributed by atoms with Crippen molar-refractivity contribution in [3.8, 4) is 6.07 Å². The quantitative estimate of drug-likeness (QED) is 0.778. The number of nitriles is 1. The van der Waals surface area contributed by atoms with Crippen LogP contribution >= 0.6 is 11.3 Å². The van der Waals surface area contributed by atoms with Gasteiger partial charge in [0.15, 0.2) is 0 Å². The van der Waals surface area contributed by atoms with E-state index in [4.69, 9.17) is 5.26 Å². The van der Waals surface area contributed by atoms with Gasteiger partial charge in [-0.05, 0) is 25.5 Å². The first kappa shape index (κ1) is 9.24. The van der Waals surface area contributed by atoms with Gasteiger partial charge in [0.2, 0.25) is 0 Å². The lowest BCUT2D eigenvalue weighted by Gasteiger charge is -2.03. The van der Waals surface area contributed by atoms with E-state index in [9.17, 15) is 5.11 Å². The molecule has 0 fully saturated rings. The molecule has 1 aromatic rings. The van der Waals surface area contributed by atoms with Crippen LogP contribution in [0.15, 0.2) is 12.1 Å². The second-order valence-corrected chi connectivity index (χ2v) is 3.98. The lowest BCUT2D eigenvalue weighted by Crippen LogP contribution is -1.92. The van der Waals surface area contributed by atoms with Gasteiger partial charge in [0.05, 0.1) is 12.2 Å². The molecule has 0 aliphatic carbocycles. The minimum Gasteiger partial charge on any atom is -0.388 e. The average molecular weight is 181 g/mol. The van der Waals surface area contributed by atoms with Crippen molar-refractivity contribution in [1.29, 1.82) is 5.26 Å². The molecule has 0 radical (unpaired) electrons. The Labute approximate surface area is 76.1 Å². The van der Waals surface area contributed by atoms with Crippen LogP contribution in [0, 0.1) is 18.3 Å². The monoisotopic (exact) mass is 181 g/mol. The van der Waals surface area contributed by atoms with Gasteiger partial charge in [-0.3, -0.25) is 0 Å². The first-order valence-corrected chi connectivity index (χ1v) is 4.67. The predicted molar refractivity (Wildman–Crippen MR) is 48.9 cm³/mol. The van der Waals surface area contributed by atoms with Crippen LogP contribution in [-0.2, 0) is 0 Å². The molecule has 0 aromatic carbocycles. The van der Waals surface area contributed by atoms with Gasteiger partial charge in [-0.2, -0.15) is 5.26 Å². The Morgan fingerprint density at radius 1 is 1.67 bits per heavy atom. The average Bonchev–Trinajstić information content (AvgIpc) is 2.47. The first-order chi connectivity index (χ1) is 5.74. The zero-order valence-electron chi connectivity index (χ0n) is 6.95. The highest BCUT2D eigenvalue weighted by atomic mass is 32.1. The van der Waals surface area contributed by atoms with Crippen molar-refractivity contribution in [2.75, 3.05) is 0 Å². The number of aryl methyl sites for hydroxylation is 1. The molecule has 0 aliphatic heterocycles. The van der Waals surface area contributed by atoms with Crippen LogP contribution < -0.4 is 0 Å². The fourth-order valence-electron chi connectivity index (χ4n) is 0.976. The summed E-state index contributed by atoms with van der Waals surface area (Å²) in [5.74, 6) is 0. The van der Waals surface area contributed by atoms with E-state index in [0.717, 1.165) is 4.88 Å². The van der Waals surface area contributed by atoms with Gasteiger partial charge in [0.25, 0.3) is 0 Å². The van der Waals surface area contributed by atoms with Crippen molar-refractivity contribution >= 4 is 11.3 Å². The van der Waals surface area contributed by atoms with Crippen LogP contribution in [0.25, 0.3) is 0 Å². The van der Waals surface area contributed by atoms with Crippen LogP contribution in [0.5, 0.6) is 0 Å². The highest BCUT2D eigenvalue weighted by molar-refractivity contribution is 7.11. The normalized spacial score (nSPS) is 12.4. The highest BCUT2D eigenvalue weighted by Crippen LogP contribution is 2.25. The van der Waals surface area contributed by atoms with E-state index in [1.165, 1.54) is 4.88 Å². The van der Waals surface area contributed by atoms with Crippen molar-refractivity contribution in [2.45, 2.75) is 25.9 Å². The molecule has 12 heavy (non-hydrogen) atoms. The summed E-state index contributed by atoms with van der Waals surface area (Å²) >= 11 is 1.59. The lowest BCUT2D eigenvalue weighted by molar-refractivity contribution is 0.173. The third kappa shape index (κ3) is 2.33. The van der Waals surface area contributed by atoms with Gasteiger partial charge in [-0.25, -0.2) is 0 Å². The summed E-state index contributed by atoms with van der Waals surface area (Å²) in [6.45, 7) is 2.01. The zero-order chi connectivity index (χ0) is 8.97. The van der Waals surface area contributed by atoms with Crippen molar-refractivity contribution in [2.24, 2.45) is 0 Å². The molecule has 1 N–H and O–H groups in total. The largest absolute Gasteiger partial charge is 0.388 e. The van der Waals surface area contributed by atoms with Crippen LogP contribution in [0.4, 0.5) is 0 Å². The second-order valence-electron chi connectivity index (χ2n) is 2.66. The molecule has 3 heteroatoms. The van der Waals surface area contributed by atoms with Gasteiger partial charge in [-0.15, -0.1) is 11.3 Å². The molecule has 2 nitrogen and oxygen atoms in total. The Morgan fingerprint density at radius 2 is 2.42 bits per heavy atom. The van der Waals surface area contributed by atoms with Crippen molar-refractivity contribution in [3.63, 3.8) is 0 Å². The smallest absolute Gasteiger partial charge is 0.0891 e. The molecule has 0 saturated carbocycles. The molecule has 1 atom stereocenters. The Bertz CT molecular complexity index is 287. The summed E-state index contributed by atoms with van der Waals surface area (Å²) in [5.41, 5.74) is 0. The molecular weight excluding hydrogens is 170 g/mol. The number of aliphatic hydroxyl groups is 1. The SMILES string of the molecule is Cc1ccc(C(O)CCC#N)s1. The molecule has 0 saturated heterocycles. The Morgan fingerprint density at radius 3 is 2.92 bits per heavy atom. The van der Waals surface area contributed by atoms with Gasteiger partial charge in [0.1, 0.15) is 0 Å². The van der Waals surface area contributed by atoms with E-state index >= 15 is 0 Å². The van der Waals surface area contributed by atoms with E-state index in [2.05, 4.69) is 0 Å². The highest BCUT2D eigenvalue weighted by Gasteiger charge is 2.08. The third-order valence-electron chi connectivity index (χ3n) is 1.62. The molecule has 0 bridgehead atoms. The molecule has 1 rings (SSSR count). The molecular formula is C9H11NOS. The van der Waals surface area contributed by atoms with Crippen LogP contribution in [0.3, 0.4) is 0 Å². The molecule has 1 heterocycles. The summed E-state index contributed by atoms with van der Waals surface area (Å²) < 4.78 is 0. The van der Waals surface area contributed by atoms with Gasteiger partial charge >= 0.3 is 0 Å². The van der Waals surface area contributed by atoms with Crippen molar-refractivity contribution < 1.29 is 5.11 Å². The number of thiophene rings is 1. The topological polar surface area (TPSA) is 44.0 Å². The maximum absolute atomic E-state index is 9.52. The minimum atomic E-state index is -0.455. The maximum atomic E-state index is 9.52. The van der Waals surface area contributed by atoms with Gasteiger partial charge < -0.3 is 5.11 Å². The first-order valence-electron chi connectivity index (χ1n) is 3.85. The summed E-state index contributed by atoms with van der Waals surface area (Å²) in [6, 6.07) is 5.92. The van der Waals surface area contributed by atoms with E-state index < -0.39 is 6.10 Å². The van der Waals surface area contributed by atoms with E-state index in [1.807, 2.05) is 25.1 Å². The van der Waals surface area contributed by atoms with Crippen LogP contribution in [0.1, 0.15) is 28.7 Å². The van der Waals surface area contributed by atoms with Crippen LogP contribution in [-0.4, -0.2) is 5.11 Å². The van der Waals surface area contributed by atoms with Crippen molar-refractivity contribution in [3.05, 3.63) is 21.9 Å². The fourth-order valence-corrected chi connectivity index (χ4v) is 1.87. The van der Waals surface area contributed by atoms with Gasteiger partial charge in [0, 0.05) is 16.2 Å². The van der Waals surface area contributed by atoms with E-state index in [-0.39, 0.29) is 0 Å². The molecule has 1 aromatic heterocycles. The van der Waals surface area contributed by atoms with Gasteiger partial charge in [-0.1, -0.05) is 0 Å². The molecule has 0 amide bonds. The molecule has 0 spiro atoms. The number of aliphatic hydroxyl groups excluding tert-OH is 1. The number of nitrogens with zero attached hydrogens (tertiary/aromatic N) is 1. The third-order valence-corrected chi connectivity index (χ3v) is 2.72. The van der Waals surface area contributed by atoms with Crippen molar-refractivity contribution in [1.82, 2.24) is 0 Å². The lowest BCUT2D eigenvalue weighted by atomic mass is 10.2. The molecule has 0 aliphatic rings. The maximum Gasteiger partial charge on any atom is 0.0891 e. The number of rotatable bonds is 3. The van der Waals surface area contributed by atoms with Crippen LogP contribution in [0.2, 0.25) is 0 Å². The summed E-state index contributed by atoms with van der Waals surface area (Å²) in [6.07, 6.45) is 0.498. The Hall–Kier alpha value is -0.850. The summed E-state index contributed by atoms with van der Waals surface area (Å²) in [5, 5.41) is 17.8. The fraction of sp³-hybridized carbons (Fsp3) is 0.444. The summed E-state index contributed by atoms with van der Waals surface area (Å²) in [7, 11) is 0. The second kappa shape index (κ2) is 4.24. The number of hydrogen-bond donors (Lipinski definition) is 1.